The Morgan fingerprint density at radius 2 is 1.91 bits per heavy atom. The Hall–Kier alpha value is -1.61. The van der Waals surface area contributed by atoms with Crippen LogP contribution < -0.4 is 15.6 Å². The number of hydrogen-bond acceptors (Lipinski definition) is 3. The molecule has 0 aliphatic heterocycles. The van der Waals surface area contributed by atoms with Gasteiger partial charge >= 0.3 is 0 Å². The fourth-order valence-corrected chi connectivity index (χ4v) is 2.98. The smallest absolute Gasteiger partial charge is 0.276 e. The molecule has 2 aromatic rings. The summed E-state index contributed by atoms with van der Waals surface area (Å²) in [5.41, 5.74) is 6.27. The van der Waals surface area contributed by atoms with Gasteiger partial charge in [-0.1, -0.05) is 18.2 Å². The molecule has 23 heavy (non-hydrogen) atoms. The molecule has 2 N–H and O–H groups in total. The molecule has 0 unspecified atom stereocenters. The van der Waals surface area contributed by atoms with E-state index in [1.54, 1.807) is 18.2 Å². The monoisotopic (exact) mass is 488 g/mol. The summed E-state index contributed by atoms with van der Waals surface area (Å²) in [4.78, 5) is 23.7. The molecule has 0 fully saturated rings. The summed E-state index contributed by atoms with van der Waals surface area (Å²) >= 11 is 5.43. The second-order valence-electron chi connectivity index (χ2n) is 4.70. The van der Waals surface area contributed by atoms with Crippen molar-refractivity contribution in [2.75, 3.05) is 6.61 Å². The van der Waals surface area contributed by atoms with Crippen LogP contribution in [-0.4, -0.2) is 18.4 Å². The maximum Gasteiger partial charge on any atom is 0.276 e. The number of carbonyl (C=O) groups excluding carboxylic acids is 2. The van der Waals surface area contributed by atoms with E-state index in [1.807, 2.05) is 31.2 Å². The Morgan fingerprint density at radius 3 is 2.61 bits per heavy atom. The van der Waals surface area contributed by atoms with E-state index in [2.05, 4.69) is 49.4 Å². The third-order valence-electron chi connectivity index (χ3n) is 2.88. The van der Waals surface area contributed by atoms with Gasteiger partial charge in [0.25, 0.3) is 11.8 Å². The van der Waals surface area contributed by atoms with E-state index in [4.69, 9.17) is 4.74 Å². The van der Waals surface area contributed by atoms with Gasteiger partial charge in [-0.2, -0.15) is 0 Å². The fraction of sp³-hybridized carbons (Fsp3) is 0.125. The van der Waals surface area contributed by atoms with Crippen molar-refractivity contribution in [1.29, 1.82) is 0 Å². The average molecular weight is 489 g/mol. The van der Waals surface area contributed by atoms with Crippen LogP contribution in [0.3, 0.4) is 0 Å². The molecule has 2 rings (SSSR count). The second-order valence-corrected chi connectivity index (χ2v) is 6.72. The lowest BCUT2D eigenvalue weighted by Crippen LogP contribution is -2.44. The average Bonchev–Trinajstić information content (AvgIpc) is 2.52. The van der Waals surface area contributed by atoms with Gasteiger partial charge in [-0.3, -0.25) is 20.4 Å². The molecular formula is C16H14BrIN2O3. The molecule has 0 aliphatic carbocycles. The molecule has 0 heterocycles. The lowest BCUT2D eigenvalue weighted by molar-refractivity contribution is -0.123. The van der Waals surface area contributed by atoms with Crippen LogP contribution in [0.2, 0.25) is 0 Å². The summed E-state index contributed by atoms with van der Waals surface area (Å²) in [7, 11) is 0. The third kappa shape index (κ3) is 5.21. The first-order chi connectivity index (χ1) is 11.0. The van der Waals surface area contributed by atoms with Crippen LogP contribution in [0, 0.1) is 10.5 Å². The normalized spacial score (nSPS) is 10.0. The number of nitrogens with one attached hydrogen (secondary N) is 2. The number of aryl methyl sites for hydroxylation is 1. The summed E-state index contributed by atoms with van der Waals surface area (Å²) in [6.07, 6.45) is 0. The quantitative estimate of drug-likeness (QED) is 0.513. The van der Waals surface area contributed by atoms with Crippen molar-refractivity contribution in [3.05, 3.63) is 61.6 Å². The van der Waals surface area contributed by atoms with Crippen molar-refractivity contribution in [2.24, 2.45) is 0 Å². The van der Waals surface area contributed by atoms with E-state index in [0.29, 0.717) is 11.3 Å². The molecule has 120 valence electrons. The lowest BCUT2D eigenvalue weighted by Gasteiger charge is -2.10. The number of ether oxygens (including phenoxy) is 1. The summed E-state index contributed by atoms with van der Waals surface area (Å²) in [6, 6.07) is 12.7. The SMILES string of the molecule is Cc1ccc(OCC(=O)NNC(=O)c2ccccc2I)c(Br)c1. The van der Waals surface area contributed by atoms with Gasteiger partial charge in [0.1, 0.15) is 5.75 Å². The number of carbonyl (C=O) groups is 2. The Balaban J connectivity index is 1.83. The van der Waals surface area contributed by atoms with Gasteiger partial charge in [0, 0.05) is 3.57 Å². The fourth-order valence-electron chi connectivity index (χ4n) is 1.74. The molecule has 0 saturated carbocycles. The zero-order valence-corrected chi connectivity index (χ0v) is 16.0. The van der Waals surface area contributed by atoms with Crippen LogP contribution >= 0.6 is 38.5 Å². The van der Waals surface area contributed by atoms with Gasteiger partial charge in [-0.05, 0) is 75.3 Å². The van der Waals surface area contributed by atoms with Crippen molar-refractivity contribution in [1.82, 2.24) is 10.9 Å². The van der Waals surface area contributed by atoms with Crippen LogP contribution in [-0.2, 0) is 4.79 Å². The maximum absolute atomic E-state index is 12.0. The summed E-state index contributed by atoms with van der Waals surface area (Å²) in [5, 5.41) is 0. The van der Waals surface area contributed by atoms with E-state index >= 15 is 0 Å². The minimum Gasteiger partial charge on any atom is -0.483 e. The predicted molar refractivity (Wildman–Crippen MR) is 99.1 cm³/mol. The molecule has 7 heteroatoms. The number of hydrazine groups is 1. The number of hydrogen-bond donors (Lipinski definition) is 2. The maximum atomic E-state index is 12.0. The van der Waals surface area contributed by atoms with Crippen molar-refractivity contribution >= 4 is 50.3 Å². The molecule has 0 bridgehead atoms. The van der Waals surface area contributed by atoms with Crippen molar-refractivity contribution in [2.45, 2.75) is 6.92 Å². The van der Waals surface area contributed by atoms with Gasteiger partial charge in [-0.25, -0.2) is 0 Å². The van der Waals surface area contributed by atoms with E-state index < -0.39 is 5.91 Å². The summed E-state index contributed by atoms with van der Waals surface area (Å²) < 4.78 is 6.98. The zero-order valence-electron chi connectivity index (χ0n) is 12.2. The highest BCUT2D eigenvalue weighted by Crippen LogP contribution is 2.25. The van der Waals surface area contributed by atoms with Gasteiger partial charge < -0.3 is 4.74 Å². The first kappa shape index (κ1) is 17.7. The zero-order chi connectivity index (χ0) is 16.8. The highest BCUT2D eigenvalue weighted by Gasteiger charge is 2.11. The van der Waals surface area contributed by atoms with Crippen LogP contribution in [0.25, 0.3) is 0 Å². The molecule has 0 atom stereocenters. The Morgan fingerprint density at radius 1 is 1.17 bits per heavy atom. The topological polar surface area (TPSA) is 67.4 Å². The summed E-state index contributed by atoms with van der Waals surface area (Å²) in [6.45, 7) is 1.76. The van der Waals surface area contributed by atoms with E-state index in [0.717, 1.165) is 13.6 Å². The van der Waals surface area contributed by atoms with Gasteiger partial charge in [0.05, 0.1) is 10.0 Å². The molecule has 5 nitrogen and oxygen atoms in total. The van der Waals surface area contributed by atoms with Crippen LogP contribution in [0.15, 0.2) is 46.9 Å². The molecule has 0 spiro atoms. The minimum absolute atomic E-state index is 0.201. The standard InChI is InChI=1S/C16H14BrIN2O3/c1-10-6-7-14(12(17)8-10)23-9-15(21)19-20-16(22)11-4-2-3-5-13(11)18/h2-8H,9H2,1H3,(H,19,21)(H,20,22). The minimum atomic E-state index is -0.447. The van der Waals surface area contributed by atoms with Gasteiger partial charge in [0.15, 0.2) is 6.61 Å². The number of amides is 2. The van der Waals surface area contributed by atoms with E-state index in [1.165, 1.54) is 0 Å². The predicted octanol–water partition coefficient (Wildman–Crippen LogP) is 3.20. The molecule has 0 aromatic heterocycles. The van der Waals surface area contributed by atoms with Crippen LogP contribution in [0.5, 0.6) is 5.75 Å². The van der Waals surface area contributed by atoms with Gasteiger partial charge in [0.2, 0.25) is 0 Å². The third-order valence-corrected chi connectivity index (χ3v) is 4.44. The second kappa shape index (κ2) is 8.30. The van der Waals surface area contributed by atoms with Crippen LogP contribution in [0.4, 0.5) is 0 Å². The molecule has 0 aliphatic rings. The largest absolute Gasteiger partial charge is 0.483 e. The van der Waals surface area contributed by atoms with Crippen LogP contribution in [0.1, 0.15) is 15.9 Å². The highest BCUT2D eigenvalue weighted by molar-refractivity contribution is 14.1. The van der Waals surface area contributed by atoms with E-state index in [9.17, 15) is 9.59 Å². The molecular weight excluding hydrogens is 475 g/mol. The number of benzene rings is 2. The van der Waals surface area contributed by atoms with Crippen molar-refractivity contribution < 1.29 is 14.3 Å². The Kier molecular flexibility index (Phi) is 6.40. The number of rotatable bonds is 4. The van der Waals surface area contributed by atoms with Gasteiger partial charge in [-0.15, -0.1) is 0 Å². The molecule has 0 radical (unpaired) electrons. The first-order valence-corrected chi connectivity index (χ1v) is 8.57. The Labute approximate surface area is 156 Å². The van der Waals surface area contributed by atoms with Crippen molar-refractivity contribution in [3.8, 4) is 5.75 Å². The van der Waals surface area contributed by atoms with E-state index in [-0.39, 0.29) is 12.5 Å². The summed E-state index contributed by atoms with van der Waals surface area (Å²) in [5.74, 6) is -0.258. The highest BCUT2D eigenvalue weighted by atomic mass is 127. The molecule has 0 saturated heterocycles. The number of halogens is 2. The first-order valence-electron chi connectivity index (χ1n) is 6.70. The van der Waals surface area contributed by atoms with Crippen molar-refractivity contribution in [3.63, 3.8) is 0 Å². The molecule has 2 aromatic carbocycles. The molecule has 2 amide bonds. The lowest BCUT2D eigenvalue weighted by atomic mass is 10.2. The Bertz CT molecular complexity index is 737.